The minimum atomic E-state index is 0.225. The van der Waals surface area contributed by atoms with Crippen molar-refractivity contribution in [1.29, 1.82) is 0 Å². The summed E-state index contributed by atoms with van der Waals surface area (Å²) < 4.78 is 0. The highest BCUT2D eigenvalue weighted by atomic mass is 16.1. The average Bonchev–Trinajstić information content (AvgIpc) is 2.89. The molecule has 3 nitrogen and oxygen atoms in total. The molecule has 0 saturated carbocycles. The van der Waals surface area contributed by atoms with Crippen LogP contribution in [0.2, 0.25) is 0 Å². The van der Waals surface area contributed by atoms with Crippen LogP contribution in [-0.4, -0.2) is 36.5 Å². The van der Waals surface area contributed by atoms with Crippen molar-refractivity contribution >= 4 is 5.91 Å². The van der Waals surface area contributed by atoms with Crippen LogP contribution in [0.15, 0.2) is 12.2 Å². The molecule has 2 rings (SSSR count). The van der Waals surface area contributed by atoms with E-state index in [2.05, 4.69) is 29.3 Å². The van der Waals surface area contributed by atoms with Crippen LogP contribution in [0.5, 0.6) is 0 Å². The highest BCUT2D eigenvalue weighted by molar-refractivity contribution is 5.76. The molecule has 0 spiro atoms. The number of likely N-dealkylation sites (tertiary alicyclic amines) is 1. The summed E-state index contributed by atoms with van der Waals surface area (Å²) in [5.41, 5.74) is 0. The number of piperidine rings is 1. The first-order chi connectivity index (χ1) is 9.25. The predicted octanol–water partition coefficient (Wildman–Crippen LogP) is 2.72. The molecule has 0 aromatic rings. The molecular formula is C16H28N2O. The average molecular weight is 264 g/mol. The summed E-state index contributed by atoms with van der Waals surface area (Å²) in [6, 6.07) is 0.730. The van der Waals surface area contributed by atoms with Gasteiger partial charge in [0.1, 0.15) is 0 Å². The Kier molecular flexibility index (Phi) is 5.90. The van der Waals surface area contributed by atoms with E-state index in [0.29, 0.717) is 12.3 Å². The van der Waals surface area contributed by atoms with Crippen molar-refractivity contribution in [2.45, 2.75) is 57.9 Å². The van der Waals surface area contributed by atoms with Gasteiger partial charge in [0.05, 0.1) is 0 Å². The highest BCUT2D eigenvalue weighted by Gasteiger charge is 2.17. The van der Waals surface area contributed by atoms with E-state index in [4.69, 9.17) is 0 Å². The molecule has 1 aliphatic heterocycles. The normalized spacial score (nSPS) is 27.6. The van der Waals surface area contributed by atoms with Crippen molar-refractivity contribution in [2.75, 3.05) is 19.6 Å². The van der Waals surface area contributed by atoms with Gasteiger partial charge in [-0.3, -0.25) is 4.79 Å². The van der Waals surface area contributed by atoms with Gasteiger partial charge in [0, 0.05) is 25.6 Å². The van der Waals surface area contributed by atoms with Crippen molar-refractivity contribution in [2.24, 2.45) is 5.92 Å². The lowest BCUT2D eigenvalue weighted by Gasteiger charge is -2.33. The minimum absolute atomic E-state index is 0.225. The zero-order chi connectivity index (χ0) is 13.5. The molecule has 0 radical (unpaired) electrons. The topological polar surface area (TPSA) is 32.3 Å². The Hall–Kier alpha value is -0.830. The molecule has 3 heteroatoms. The summed E-state index contributed by atoms with van der Waals surface area (Å²) in [5, 5.41) is 3.06. The monoisotopic (exact) mass is 264 g/mol. The molecule has 1 aliphatic carbocycles. The molecule has 2 unspecified atom stereocenters. The lowest BCUT2D eigenvalue weighted by atomic mass is 10.0. The number of amides is 1. The van der Waals surface area contributed by atoms with Crippen molar-refractivity contribution in [1.82, 2.24) is 10.2 Å². The van der Waals surface area contributed by atoms with E-state index < -0.39 is 0 Å². The molecule has 0 aromatic carbocycles. The lowest BCUT2D eigenvalue weighted by Crippen LogP contribution is -2.39. The molecule has 2 aliphatic rings. The number of hydrogen-bond acceptors (Lipinski definition) is 2. The number of nitrogens with one attached hydrogen (secondary N) is 1. The Morgan fingerprint density at radius 2 is 2.26 bits per heavy atom. The molecule has 19 heavy (non-hydrogen) atoms. The van der Waals surface area contributed by atoms with Gasteiger partial charge < -0.3 is 10.2 Å². The Bertz CT molecular complexity index is 314. The summed E-state index contributed by atoms with van der Waals surface area (Å²) in [7, 11) is 0. The molecule has 0 aromatic heterocycles. The zero-order valence-corrected chi connectivity index (χ0v) is 12.2. The van der Waals surface area contributed by atoms with Crippen LogP contribution in [0.25, 0.3) is 0 Å². The third kappa shape index (κ3) is 4.98. The van der Waals surface area contributed by atoms with Crippen LogP contribution < -0.4 is 5.32 Å². The Morgan fingerprint density at radius 1 is 1.37 bits per heavy atom. The first kappa shape index (κ1) is 14.6. The smallest absolute Gasteiger partial charge is 0.220 e. The summed E-state index contributed by atoms with van der Waals surface area (Å²) in [6.45, 7) is 5.52. The number of rotatable bonds is 6. The quantitative estimate of drug-likeness (QED) is 0.591. The lowest BCUT2D eigenvalue weighted by molar-refractivity contribution is -0.121. The van der Waals surface area contributed by atoms with Crippen LogP contribution in [0.3, 0.4) is 0 Å². The van der Waals surface area contributed by atoms with Crippen LogP contribution in [0, 0.1) is 5.92 Å². The highest BCUT2D eigenvalue weighted by Crippen LogP contribution is 2.20. The minimum Gasteiger partial charge on any atom is -0.356 e. The van der Waals surface area contributed by atoms with E-state index in [1.807, 2.05) is 0 Å². The van der Waals surface area contributed by atoms with Gasteiger partial charge in [0.2, 0.25) is 5.91 Å². The number of carbonyl (C=O) groups is 1. The van der Waals surface area contributed by atoms with Gasteiger partial charge in [-0.2, -0.15) is 0 Å². The zero-order valence-electron chi connectivity index (χ0n) is 12.2. The van der Waals surface area contributed by atoms with E-state index >= 15 is 0 Å². The van der Waals surface area contributed by atoms with Gasteiger partial charge in [0.15, 0.2) is 0 Å². The molecule has 2 atom stereocenters. The van der Waals surface area contributed by atoms with E-state index in [1.165, 1.54) is 25.8 Å². The van der Waals surface area contributed by atoms with Crippen LogP contribution in [0.1, 0.15) is 51.9 Å². The van der Waals surface area contributed by atoms with Gasteiger partial charge in [0.25, 0.3) is 0 Å². The number of carbonyl (C=O) groups excluding carboxylic acids is 1. The van der Waals surface area contributed by atoms with Crippen LogP contribution in [0.4, 0.5) is 0 Å². The third-order valence-electron chi connectivity index (χ3n) is 4.44. The second-order valence-corrected chi connectivity index (χ2v) is 6.05. The third-order valence-corrected chi connectivity index (χ3v) is 4.44. The fourth-order valence-electron chi connectivity index (χ4n) is 3.18. The Labute approximate surface area is 117 Å². The molecule has 0 bridgehead atoms. The number of nitrogens with zero attached hydrogens (tertiary/aromatic N) is 1. The van der Waals surface area contributed by atoms with Gasteiger partial charge in [-0.1, -0.05) is 18.6 Å². The molecule has 1 heterocycles. The van der Waals surface area contributed by atoms with E-state index in [1.54, 1.807) is 0 Å². The second-order valence-electron chi connectivity index (χ2n) is 6.05. The standard InChI is InChI=1S/C16H28N2O/c1-14-7-4-5-11-18(14)12-6-10-17-16(19)13-15-8-2-3-9-15/h2,8,14-15H,3-7,9-13H2,1H3,(H,17,19). The Balaban J connectivity index is 1.53. The fraction of sp³-hybridized carbons (Fsp3) is 0.812. The van der Waals surface area contributed by atoms with Gasteiger partial charge in [-0.25, -0.2) is 0 Å². The van der Waals surface area contributed by atoms with Crippen molar-refractivity contribution < 1.29 is 4.79 Å². The first-order valence-corrected chi connectivity index (χ1v) is 7.93. The predicted molar refractivity (Wildman–Crippen MR) is 79.0 cm³/mol. The molecule has 108 valence electrons. The van der Waals surface area contributed by atoms with Gasteiger partial charge >= 0.3 is 0 Å². The van der Waals surface area contributed by atoms with Crippen LogP contribution in [-0.2, 0) is 4.79 Å². The number of hydrogen-bond donors (Lipinski definition) is 1. The second kappa shape index (κ2) is 7.68. The summed E-state index contributed by atoms with van der Waals surface area (Å²) in [6.07, 6.45) is 12.5. The van der Waals surface area contributed by atoms with Gasteiger partial charge in [-0.15, -0.1) is 0 Å². The SMILES string of the molecule is CC1CCCCN1CCCNC(=O)CC1C=CCC1. The summed E-state index contributed by atoms with van der Waals surface area (Å²) in [4.78, 5) is 14.3. The molecular weight excluding hydrogens is 236 g/mol. The largest absolute Gasteiger partial charge is 0.356 e. The van der Waals surface area contributed by atoms with Crippen molar-refractivity contribution in [3.8, 4) is 0 Å². The Morgan fingerprint density at radius 3 is 3.00 bits per heavy atom. The summed E-state index contributed by atoms with van der Waals surface area (Å²) >= 11 is 0. The van der Waals surface area contributed by atoms with Gasteiger partial charge in [-0.05, 0) is 51.5 Å². The molecule has 1 fully saturated rings. The first-order valence-electron chi connectivity index (χ1n) is 7.93. The number of allylic oxidation sites excluding steroid dienone is 2. The summed E-state index contributed by atoms with van der Waals surface area (Å²) in [5.74, 6) is 0.713. The molecule has 1 saturated heterocycles. The maximum atomic E-state index is 11.8. The van der Waals surface area contributed by atoms with E-state index in [-0.39, 0.29) is 5.91 Å². The fourth-order valence-corrected chi connectivity index (χ4v) is 3.18. The van der Waals surface area contributed by atoms with E-state index in [9.17, 15) is 4.79 Å². The van der Waals surface area contributed by atoms with Crippen molar-refractivity contribution in [3.05, 3.63) is 12.2 Å². The maximum Gasteiger partial charge on any atom is 0.220 e. The molecule has 1 amide bonds. The van der Waals surface area contributed by atoms with Crippen molar-refractivity contribution in [3.63, 3.8) is 0 Å². The maximum absolute atomic E-state index is 11.8. The van der Waals surface area contributed by atoms with Crippen LogP contribution >= 0.6 is 0 Å². The van der Waals surface area contributed by atoms with E-state index in [0.717, 1.165) is 38.4 Å². The molecule has 1 N–H and O–H groups in total.